The van der Waals surface area contributed by atoms with E-state index in [1.807, 2.05) is 47.7 Å². The Morgan fingerprint density at radius 1 is 1.46 bits per heavy atom. The van der Waals surface area contributed by atoms with Crippen LogP contribution in [0.3, 0.4) is 0 Å². The molecule has 0 bridgehead atoms. The lowest BCUT2D eigenvalue weighted by molar-refractivity contribution is 0.101. The Kier molecular flexibility index (Phi) is 3.49. The van der Waals surface area contributed by atoms with Gasteiger partial charge in [0.2, 0.25) is 0 Å². The van der Waals surface area contributed by atoms with Crippen molar-refractivity contribution in [3.05, 3.63) is 34.9 Å². The summed E-state index contributed by atoms with van der Waals surface area (Å²) in [5.41, 5.74) is 2.72. The molecule has 1 nitrogen and oxygen atoms in total. The van der Waals surface area contributed by atoms with Crippen LogP contribution < -0.4 is 0 Å². The molecule has 0 radical (unpaired) electrons. The van der Waals surface area contributed by atoms with E-state index in [1.54, 1.807) is 6.92 Å². The highest BCUT2D eigenvalue weighted by molar-refractivity contribution is 14.1. The van der Waals surface area contributed by atoms with Gasteiger partial charge in [0.25, 0.3) is 0 Å². The number of carbonyl (C=O) groups excluding carboxylic acids is 1. The smallest absolute Gasteiger partial charge is 0.160 e. The van der Waals surface area contributed by atoms with Crippen LogP contribution >= 0.6 is 22.6 Å². The van der Waals surface area contributed by atoms with Crippen LogP contribution in [0.2, 0.25) is 0 Å². The van der Waals surface area contributed by atoms with Crippen LogP contribution in [0.25, 0.3) is 0 Å². The number of hydrogen-bond acceptors (Lipinski definition) is 1. The first-order chi connectivity index (χ1) is 6.15. The molecule has 1 aromatic rings. The lowest BCUT2D eigenvalue weighted by Gasteiger charge is -2.01. The maximum absolute atomic E-state index is 11.1. The van der Waals surface area contributed by atoms with Crippen molar-refractivity contribution < 1.29 is 4.79 Å². The van der Waals surface area contributed by atoms with Crippen molar-refractivity contribution in [2.75, 3.05) is 0 Å². The number of rotatable bonds is 1. The summed E-state index contributed by atoms with van der Waals surface area (Å²) in [5, 5.41) is 0. The largest absolute Gasteiger partial charge is 0.295 e. The Labute approximate surface area is 91.7 Å². The number of hydrogen-bond donors (Lipinski definition) is 0. The summed E-state index contributed by atoms with van der Waals surface area (Å²) in [4.78, 5) is 11.1. The van der Waals surface area contributed by atoms with Gasteiger partial charge in [0.05, 0.1) is 0 Å². The van der Waals surface area contributed by atoms with E-state index in [0.29, 0.717) is 0 Å². The quantitative estimate of drug-likeness (QED) is 0.440. The van der Waals surface area contributed by atoms with Crippen molar-refractivity contribution in [2.24, 2.45) is 0 Å². The van der Waals surface area contributed by atoms with E-state index >= 15 is 0 Å². The van der Waals surface area contributed by atoms with Crippen molar-refractivity contribution >= 4 is 28.4 Å². The van der Waals surface area contributed by atoms with E-state index in [1.165, 1.54) is 0 Å². The highest BCUT2D eigenvalue weighted by atomic mass is 127. The zero-order chi connectivity index (χ0) is 9.84. The van der Waals surface area contributed by atoms with Crippen LogP contribution in [-0.2, 0) is 0 Å². The first-order valence-corrected chi connectivity index (χ1v) is 4.96. The molecule has 0 fully saturated rings. The van der Waals surface area contributed by atoms with E-state index in [4.69, 9.17) is 0 Å². The van der Waals surface area contributed by atoms with Crippen molar-refractivity contribution in [3.8, 4) is 9.85 Å². The fraction of sp³-hybridized carbons (Fsp3) is 0.182. The topological polar surface area (TPSA) is 17.1 Å². The second kappa shape index (κ2) is 4.43. The summed E-state index contributed by atoms with van der Waals surface area (Å²) in [7, 11) is 0. The summed E-state index contributed by atoms with van der Waals surface area (Å²) in [6.07, 6.45) is 0. The highest BCUT2D eigenvalue weighted by Crippen LogP contribution is 2.11. The minimum absolute atomic E-state index is 0.103. The van der Waals surface area contributed by atoms with Crippen molar-refractivity contribution in [3.63, 3.8) is 0 Å². The summed E-state index contributed by atoms with van der Waals surface area (Å²) in [6, 6.07) is 5.63. The zero-order valence-electron chi connectivity index (χ0n) is 7.52. The van der Waals surface area contributed by atoms with Crippen molar-refractivity contribution in [1.82, 2.24) is 0 Å². The van der Waals surface area contributed by atoms with Gasteiger partial charge in [0.15, 0.2) is 5.78 Å². The molecule has 1 rings (SSSR count). The molecule has 0 aromatic heterocycles. The Bertz CT molecular complexity index is 396. The molecular formula is C11H9IO. The highest BCUT2D eigenvalue weighted by Gasteiger charge is 2.02. The predicted molar refractivity (Wildman–Crippen MR) is 62.1 cm³/mol. The van der Waals surface area contributed by atoms with Crippen LogP contribution in [0.5, 0.6) is 0 Å². The Hall–Kier alpha value is -0.820. The molecule has 1 aromatic carbocycles. The summed E-state index contributed by atoms with van der Waals surface area (Å²) >= 11 is 2.00. The van der Waals surface area contributed by atoms with Crippen molar-refractivity contribution in [1.29, 1.82) is 0 Å². The van der Waals surface area contributed by atoms with E-state index in [9.17, 15) is 4.79 Å². The molecule has 0 saturated carbocycles. The van der Waals surface area contributed by atoms with Crippen LogP contribution in [0.15, 0.2) is 18.2 Å². The molecular weight excluding hydrogens is 275 g/mol. The van der Waals surface area contributed by atoms with Gasteiger partial charge in [0.1, 0.15) is 0 Å². The van der Waals surface area contributed by atoms with Crippen LogP contribution in [0.4, 0.5) is 0 Å². The SMILES string of the molecule is CC(=O)c1ccc(C#CI)cc1C. The Morgan fingerprint density at radius 2 is 2.15 bits per heavy atom. The van der Waals surface area contributed by atoms with Crippen LogP contribution in [0, 0.1) is 16.8 Å². The standard InChI is InChI=1S/C11H9IO/c1-8-7-10(5-6-12)3-4-11(8)9(2)13/h3-4,7H,1-2H3. The average molecular weight is 284 g/mol. The molecule has 0 aliphatic carbocycles. The van der Waals surface area contributed by atoms with Gasteiger partial charge in [-0.3, -0.25) is 4.79 Å². The van der Waals surface area contributed by atoms with Crippen LogP contribution in [0.1, 0.15) is 28.4 Å². The Morgan fingerprint density at radius 3 is 2.62 bits per heavy atom. The van der Waals surface area contributed by atoms with Gasteiger partial charge >= 0.3 is 0 Å². The molecule has 66 valence electrons. The third kappa shape index (κ3) is 2.56. The number of Topliss-reactive ketones (excluding diaryl/α,β-unsaturated/α-hetero) is 1. The van der Waals surface area contributed by atoms with E-state index in [0.717, 1.165) is 16.7 Å². The summed E-state index contributed by atoms with van der Waals surface area (Å²) in [6.45, 7) is 3.50. The third-order valence-corrected chi connectivity index (χ3v) is 2.07. The molecule has 0 N–H and O–H groups in total. The molecule has 0 spiro atoms. The minimum atomic E-state index is 0.103. The molecule has 0 amide bonds. The normalized spacial score (nSPS) is 8.85. The van der Waals surface area contributed by atoms with Gasteiger partial charge in [-0.15, -0.1) is 0 Å². The zero-order valence-corrected chi connectivity index (χ0v) is 9.68. The van der Waals surface area contributed by atoms with E-state index < -0.39 is 0 Å². The lowest BCUT2D eigenvalue weighted by atomic mass is 10.0. The monoisotopic (exact) mass is 284 g/mol. The van der Waals surface area contributed by atoms with E-state index in [-0.39, 0.29) is 5.78 Å². The third-order valence-electron chi connectivity index (χ3n) is 1.80. The predicted octanol–water partition coefficient (Wildman–Crippen LogP) is 2.94. The fourth-order valence-electron chi connectivity index (χ4n) is 1.19. The summed E-state index contributed by atoms with van der Waals surface area (Å²) < 4.78 is 2.79. The van der Waals surface area contributed by atoms with Gasteiger partial charge in [-0.05, 0) is 41.5 Å². The second-order valence-electron chi connectivity index (χ2n) is 2.81. The van der Waals surface area contributed by atoms with E-state index in [2.05, 4.69) is 9.85 Å². The maximum atomic E-state index is 11.1. The number of aryl methyl sites for hydroxylation is 1. The number of ketones is 1. The maximum Gasteiger partial charge on any atom is 0.160 e. The molecule has 0 heterocycles. The molecule has 2 heteroatoms. The number of benzene rings is 1. The Balaban J connectivity index is 3.17. The van der Waals surface area contributed by atoms with Gasteiger partial charge in [-0.1, -0.05) is 5.92 Å². The number of halogens is 1. The lowest BCUT2D eigenvalue weighted by Crippen LogP contribution is -1.95. The van der Waals surface area contributed by atoms with Gasteiger partial charge < -0.3 is 0 Å². The average Bonchev–Trinajstić information content (AvgIpc) is 2.04. The number of carbonyl (C=O) groups is 1. The van der Waals surface area contributed by atoms with Gasteiger partial charge in [-0.2, -0.15) is 0 Å². The molecule has 0 atom stereocenters. The first kappa shape index (κ1) is 10.3. The minimum Gasteiger partial charge on any atom is -0.295 e. The molecule has 0 aliphatic heterocycles. The van der Waals surface area contributed by atoms with Gasteiger partial charge in [0, 0.05) is 33.7 Å². The fourth-order valence-corrected chi connectivity index (χ4v) is 1.50. The second-order valence-corrected chi connectivity index (χ2v) is 3.34. The molecule has 0 aliphatic rings. The van der Waals surface area contributed by atoms with Gasteiger partial charge in [-0.25, -0.2) is 0 Å². The molecule has 0 unspecified atom stereocenters. The molecule has 0 saturated heterocycles. The first-order valence-electron chi connectivity index (χ1n) is 3.88. The van der Waals surface area contributed by atoms with Crippen molar-refractivity contribution in [2.45, 2.75) is 13.8 Å². The summed E-state index contributed by atoms with van der Waals surface area (Å²) in [5.74, 6) is 3.04. The molecule has 13 heavy (non-hydrogen) atoms. The van der Waals surface area contributed by atoms with Crippen LogP contribution in [-0.4, -0.2) is 5.78 Å².